The highest BCUT2D eigenvalue weighted by molar-refractivity contribution is 5.94. The van der Waals surface area contributed by atoms with Gasteiger partial charge in [-0.05, 0) is 50.2 Å². The van der Waals surface area contributed by atoms with Crippen LogP contribution in [0.3, 0.4) is 0 Å². The summed E-state index contributed by atoms with van der Waals surface area (Å²) in [6, 6.07) is 15.6. The molecule has 0 heterocycles. The molecule has 28 heavy (non-hydrogen) atoms. The smallest absolute Gasteiger partial charge is 0.251 e. The molecule has 0 aromatic heterocycles. The Morgan fingerprint density at radius 2 is 1.79 bits per heavy atom. The van der Waals surface area contributed by atoms with Crippen LogP contribution in [0.2, 0.25) is 0 Å². The fraction of sp³-hybridized carbons (Fsp3) is 0.435. The number of likely N-dealkylation sites (N-methyl/N-ethyl adjacent to an activating group) is 1. The predicted molar refractivity (Wildman–Crippen MR) is 113 cm³/mol. The summed E-state index contributed by atoms with van der Waals surface area (Å²) in [6.45, 7) is 5.46. The molecule has 1 atom stereocenters. The van der Waals surface area contributed by atoms with Crippen molar-refractivity contribution >= 4 is 5.91 Å². The monoisotopic (exact) mass is 384 g/mol. The SMILES string of the molecule is COc1cc(C(=O)NCC(c2ccccc2)N(C)C)ccc1OCCC(C)C. The molecule has 0 saturated carbocycles. The second kappa shape index (κ2) is 10.7. The summed E-state index contributed by atoms with van der Waals surface area (Å²) in [4.78, 5) is 14.8. The topological polar surface area (TPSA) is 50.8 Å². The molecule has 152 valence electrons. The first kappa shape index (κ1) is 21.8. The highest BCUT2D eigenvalue weighted by Crippen LogP contribution is 2.28. The second-order valence-electron chi connectivity index (χ2n) is 7.50. The van der Waals surface area contributed by atoms with Crippen LogP contribution in [0.25, 0.3) is 0 Å². The third-order valence-electron chi connectivity index (χ3n) is 4.64. The summed E-state index contributed by atoms with van der Waals surface area (Å²) >= 11 is 0. The molecule has 1 N–H and O–H groups in total. The zero-order valence-electron chi connectivity index (χ0n) is 17.6. The predicted octanol–water partition coefficient (Wildman–Crippen LogP) is 4.15. The molecule has 0 fully saturated rings. The van der Waals surface area contributed by atoms with Gasteiger partial charge in [0.2, 0.25) is 0 Å². The third kappa shape index (κ3) is 6.27. The Kier molecular flexibility index (Phi) is 8.33. The van der Waals surface area contributed by atoms with Gasteiger partial charge in [0.15, 0.2) is 11.5 Å². The first-order valence-electron chi connectivity index (χ1n) is 9.72. The Morgan fingerprint density at radius 3 is 2.39 bits per heavy atom. The number of benzene rings is 2. The van der Waals surface area contributed by atoms with Crippen LogP contribution in [0.5, 0.6) is 11.5 Å². The number of methoxy groups -OCH3 is 1. The van der Waals surface area contributed by atoms with Crippen LogP contribution < -0.4 is 14.8 Å². The van der Waals surface area contributed by atoms with E-state index in [0.29, 0.717) is 36.1 Å². The van der Waals surface area contributed by atoms with Crippen LogP contribution in [-0.4, -0.2) is 45.2 Å². The molecule has 0 aliphatic heterocycles. The number of ether oxygens (including phenoxy) is 2. The maximum absolute atomic E-state index is 12.7. The van der Waals surface area contributed by atoms with Gasteiger partial charge in [-0.3, -0.25) is 4.79 Å². The summed E-state index contributed by atoms with van der Waals surface area (Å²) < 4.78 is 11.2. The van der Waals surface area contributed by atoms with Crippen molar-refractivity contribution in [1.82, 2.24) is 10.2 Å². The van der Waals surface area contributed by atoms with Crippen molar-refractivity contribution in [1.29, 1.82) is 0 Å². The first-order valence-corrected chi connectivity index (χ1v) is 9.72. The molecule has 0 aliphatic rings. The highest BCUT2D eigenvalue weighted by atomic mass is 16.5. The Balaban J connectivity index is 2.03. The molecule has 1 amide bonds. The summed E-state index contributed by atoms with van der Waals surface area (Å²) in [5, 5.41) is 3.03. The molecule has 5 nitrogen and oxygen atoms in total. The van der Waals surface area contributed by atoms with Gasteiger partial charge in [-0.15, -0.1) is 0 Å². The van der Waals surface area contributed by atoms with Crippen molar-refractivity contribution in [2.24, 2.45) is 5.92 Å². The number of rotatable bonds is 10. The van der Waals surface area contributed by atoms with Crippen molar-refractivity contribution in [3.8, 4) is 11.5 Å². The summed E-state index contributed by atoms with van der Waals surface area (Å²) in [7, 11) is 5.61. The van der Waals surface area contributed by atoms with Crippen LogP contribution in [0.4, 0.5) is 0 Å². The van der Waals surface area contributed by atoms with Crippen molar-refractivity contribution in [3.63, 3.8) is 0 Å². The lowest BCUT2D eigenvalue weighted by atomic mass is 10.1. The average Bonchev–Trinajstić information content (AvgIpc) is 2.68. The Morgan fingerprint density at radius 1 is 1.07 bits per heavy atom. The van der Waals surface area contributed by atoms with Crippen LogP contribution in [0, 0.1) is 5.92 Å². The van der Waals surface area contributed by atoms with E-state index in [1.807, 2.05) is 32.3 Å². The van der Waals surface area contributed by atoms with Crippen LogP contribution >= 0.6 is 0 Å². The van der Waals surface area contributed by atoms with Crippen molar-refractivity contribution in [2.75, 3.05) is 34.4 Å². The zero-order chi connectivity index (χ0) is 20.5. The largest absolute Gasteiger partial charge is 0.493 e. The fourth-order valence-electron chi connectivity index (χ4n) is 2.90. The van der Waals surface area contributed by atoms with Gasteiger partial charge in [0.05, 0.1) is 19.8 Å². The molecule has 0 radical (unpaired) electrons. The van der Waals surface area contributed by atoms with Gasteiger partial charge in [-0.25, -0.2) is 0 Å². The number of amides is 1. The lowest BCUT2D eigenvalue weighted by Crippen LogP contribution is -2.34. The highest BCUT2D eigenvalue weighted by Gasteiger charge is 2.17. The summed E-state index contributed by atoms with van der Waals surface area (Å²) in [6.07, 6.45) is 0.969. The molecular formula is C23H32N2O3. The van der Waals surface area contributed by atoms with Crippen molar-refractivity contribution < 1.29 is 14.3 Å². The molecular weight excluding hydrogens is 352 g/mol. The van der Waals surface area contributed by atoms with E-state index in [0.717, 1.165) is 6.42 Å². The minimum atomic E-state index is -0.130. The standard InChI is InChI=1S/C23H32N2O3/c1-17(2)13-14-28-21-12-11-19(15-22(21)27-5)23(26)24-16-20(25(3)4)18-9-7-6-8-10-18/h6-12,15,17,20H,13-14,16H2,1-5H3,(H,24,26). The van der Waals surface area contributed by atoms with E-state index in [9.17, 15) is 4.79 Å². The molecule has 0 spiro atoms. The van der Waals surface area contributed by atoms with Gasteiger partial charge in [-0.2, -0.15) is 0 Å². The van der Waals surface area contributed by atoms with E-state index in [1.165, 1.54) is 5.56 Å². The lowest BCUT2D eigenvalue weighted by Gasteiger charge is -2.25. The van der Waals surface area contributed by atoms with E-state index in [1.54, 1.807) is 25.3 Å². The minimum absolute atomic E-state index is 0.102. The normalized spacial score (nSPS) is 12.1. The van der Waals surface area contributed by atoms with E-state index in [2.05, 4.69) is 36.2 Å². The number of hydrogen-bond acceptors (Lipinski definition) is 4. The van der Waals surface area contributed by atoms with Gasteiger partial charge in [0, 0.05) is 12.1 Å². The van der Waals surface area contributed by atoms with Gasteiger partial charge in [0.1, 0.15) is 0 Å². The minimum Gasteiger partial charge on any atom is -0.493 e. The molecule has 2 rings (SSSR count). The van der Waals surface area contributed by atoms with Gasteiger partial charge >= 0.3 is 0 Å². The van der Waals surface area contributed by atoms with Gasteiger partial charge in [0.25, 0.3) is 5.91 Å². The first-order chi connectivity index (χ1) is 13.4. The number of carbonyl (C=O) groups is 1. The summed E-state index contributed by atoms with van der Waals surface area (Å²) in [5.74, 6) is 1.68. The number of nitrogens with one attached hydrogen (secondary N) is 1. The quantitative estimate of drug-likeness (QED) is 0.668. The zero-order valence-corrected chi connectivity index (χ0v) is 17.6. The van der Waals surface area contributed by atoms with Crippen molar-refractivity contribution in [3.05, 3.63) is 59.7 Å². The van der Waals surface area contributed by atoms with E-state index < -0.39 is 0 Å². The molecule has 2 aromatic rings. The fourth-order valence-corrected chi connectivity index (χ4v) is 2.90. The van der Waals surface area contributed by atoms with E-state index >= 15 is 0 Å². The van der Waals surface area contributed by atoms with E-state index in [-0.39, 0.29) is 11.9 Å². The maximum Gasteiger partial charge on any atom is 0.251 e. The number of nitrogens with zero attached hydrogens (tertiary/aromatic N) is 1. The molecule has 0 saturated heterocycles. The Bertz CT molecular complexity index is 745. The second-order valence-corrected chi connectivity index (χ2v) is 7.50. The van der Waals surface area contributed by atoms with Gasteiger partial charge in [-0.1, -0.05) is 44.2 Å². The number of carbonyl (C=O) groups excluding carboxylic acids is 1. The van der Waals surface area contributed by atoms with Crippen LogP contribution in [-0.2, 0) is 0 Å². The molecule has 2 aromatic carbocycles. The summed E-state index contributed by atoms with van der Waals surface area (Å²) in [5.41, 5.74) is 1.72. The maximum atomic E-state index is 12.7. The lowest BCUT2D eigenvalue weighted by molar-refractivity contribution is 0.0941. The Labute approximate surface area is 168 Å². The molecule has 0 bridgehead atoms. The average molecular weight is 385 g/mol. The van der Waals surface area contributed by atoms with Crippen LogP contribution in [0.15, 0.2) is 48.5 Å². The van der Waals surface area contributed by atoms with Crippen molar-refractivity contribution in [2.45, 2.75) is 26.3 Å². The van der Waals surface area contributed by atoms with Crippen LogP contribution in [0.1, 0.15) is 42.2 Å². The third-order valence-corrected chi connectivity index (χ3v) is 4.64. The molecule has 5 heteroatoms. The molecule has 0 aliphatic carbocycles. The Hall–Kier alpha value is -2.53. The van der Waals surface area contributed by atoms with E-state index in [4.69, 9.17) is 9.47 Å². The number of hydrogen-bond donors (Lipinski definition) is 1. The molecule has 1 unspecified atom stereocenters. The van der Waals surface area contributed by atoms with Gasteiger partial charge < -0.3 is 19.7 Å².